The van der Waals surface area contributed by atoms with Gasteiger partial charge in [-0.05, 0) is 19.8 Å². The molecule has 1 aromatic rings. The molecule has 2 rings (SSSR count). The van der Waals surface area contributed by atoms with E-state index in [1.54, 1.807) is 7.11 Å². The quantitative estimate of drug-likeness (QED) is 0.673. The van der Waals surface area contributed by atoms with Gasteiger partial charge >= 0.3 is 0 Å². The second-order valence-electron chi connectivity index (χ2n) is 4.57. The maximum absolute atomic E-state index is 12.0. The van der Waals surface area contributed by atoms with Gasteiger partial charge in [0.25, 0.3) is 5.91 Å². The molecule has 0 atom stereocenters. The fraction of sp³-hybridized carbons (Fsp3) is 0.600. The molecule has 0 bridgehead atoms. The average Bonchev–Trinajstić information content (AvgIpc) is 2.64. The van der Waals surface area contributed by atoms with Crippen LogP contribution in [-0.4, -0.2) is 43.8 Å². The van der Waals surface area contributed by atoms with Gasteiger partial charge in [-0.25, -0.2) is 13.6 Å². The monoisotopic (exact) mass is 288 g/mol. The Balaban J connectivity index is 2.13. The van der Waals surface area contributed by atoms with Gasteiger partial charge in [0.1, 0.15) is 4.90 Å². The molecule has 1 aliphatic carbocycles. The number of ether oxygens (including phenoxy) is 1. The van der Waals surface area contributed by atoms with E-state index in [9.17, 15) is 13.2 Å². The molecule has 0 saturated heterocycles. The van der Waals surface area contributed by atoms with Gasteiger partial charge in [0.05, 0.1) is 11.8 Å². The van der Waals surface area contributed by atoms with Crippen molar-refractivity contribution in [1.82, 2.24) is 15.5 Å². The molecule has 0 spiro atoms. The predicted octanol–water partition coefficient (Wildman–Crippen LogP) is -0.727. The topological polar surface area (TPSA) is 127 Å². The first-order valence-electron chi connectivity index (χ1n) is 5.74. The summed E-state index contributed by atoms with van der Waals surface area (Å²) in [6.45, 7) is 1.49. The number of aromatic nitrogens is 2. The summed E-state index contributed by atoms with van der Waals surface area (Å²) in [5.41, 5.74) is 0.0527. The van der Waals surface area contributed by atoms with E-state index in [0.29, 0.717) is 12.8 Å². The summed E-state index contributed by atoms with van der Waals surface area (Å²) < 4.78 is 27.9. The Morgan fingerprint density at radius 3 is 2.68 bits per heavy atom. The van der Waals surface area contributed by atoms with Gasteiger partial charge in [-0.15, -0.1) is 0 Å². The van der Waals surface area contributed by atoms with E-state index in [0.717, 1.165) is 0 Å². The lowest BCUT2D eigenvalue weighted by Crippen LogP contribution is -2.47. The first kappa shape index (κ1) is 14.0. The molecule has 106 valence electrons. The van der Waals surface area contributed by atoms with Gasteiger partial charge in [-0.3, -0.25) is 9.89 Å². The Bertz CT molecular complexity index is 589. The largest absolute Gasteiger partial charge is 0.381 e. The highest BCUT2D eigenvalue weighted by atomic mass is 32.2. The lowest BCUT2D eigenvalue weighted by atomic mass is 9.89. The van der Waals surface area contributed by atoms with Crippen molar-refractivity contribution in [2.75, 3.05) is 7.11 Å². The standard InChI is InChI=1S/C10H16N4O4S/c1-5-9(19(11,16)17)8(14-13-5)10(15)12-6-3-7(4-6)18-2/h6-7H,3-4H2,1-2H3,(H,12,15)(H,13,14)(H2,11,16,17). The molecule has 0 aliphatic heterocycles. The number of nitrogens with two attached hydrogens (primary N) is 1. The number of methoxy groups -OCH3 is 1. The van der Waals surface area contributed by atoms with Crippen molar-refractivity contribution in [3.63, 3.8) is 0 Å². The maximum atomic E-state index is 12.0. The van der Waals surface area contributed by atoms with Gasteiger partial charge in [-0.1, -0.05) is 0 Å². The summed E-state index contributed by atoms with van der Waals surface area (Å²) in [5.74, 6) is -0.548. The number of aryl methyl sites for hydroxylation is 1. The van der Waals surface area contributed by atoms with E-state index >= 15 is 0 Å². The maximum Gasteiger partial charge on any atom is 0.273 e. The van der Waals surface area contributed by atoms with Crippen molar-refractivity contribution < 1.29 is 17.9 Å². The van der Waals surface area contributed by atoms with Crippen molar-refractivity contribution >= 4 is 15.9 Å². The second-order valence-corrected chi connectivity index (χ2v) is 6.07. The summed E-state index contributed by atoms with van der Waals surface area (Å²) in [4.78, 5) is 11.7. The van der Waals surface area contributed by atoms with E-state index in [4.69, 9.17) is 9.88 Å². The minimum absolute atomic E-state index is 0.0252. The van der Waals surface area contributed by atoms with Crippen LogP contribution in [0.2, 0.25) is 0 Å². The Morgan fingerprint density at radius 2 is 2.16 bits per heavy atom. The molecule has 1 aromatic heterocycles. The molecule has 4 N–H and O–H groups in total. The van der Waals surface area contributed by atoms with Crippen molar-refractivity contribution in [2.45, 2.75) is 36.8 Å². The normalized spacial score (nSPS) is 22.9. The molecule has 1 heterocycles. The molecular weight excluding hydrogens is 272 g/mol. The van der Waals surface area contributed by atoms with Crippen LogP contribution in [0.3, 0.4) is 0 Å². The third-order valence-corrected chi connectivity index (χ3v) is 4.22. The molecule has 1 aliphatic rings. The van der Waals surface area contributed by atoms with Crippen molar-refractivity contribution in [2.24, 2.45) is 5.14 Å². The number of nitrogens with one attached hydrogen (secondary N) is 2. The molecule has 8 nitrogen and oxygen atoms in total. The molecule has 1 fully saturated rings. The van der Waals surface area contributed by atoms with Crippen LogP contribution in [0.25, 0.3) is 0 Å². The lowest BCUT2D eigenvalue weighted by molar-refractivity contribution is 0.0175. The summed E-state index contributed by atoms with van der Waals surface area (Å²) in [6, 6.07) is -0.0252. The van der Waals surface area contributed by atoms with Crippen LogP contribution < -0.4 is 10.5 Å². The van der Waals surface area contributed by atoms with E-state index in [1.165, 1.54) is 6.92 Å². The van der Waals surface area contributed by atoms with Crippen LogP contribution in [0.1, 0.15) is 29.0 Å². The number of rotatable bonds is 4. The zero-order valence-corrected chi connectivity index (χ0v) is 11.5. The molecular formula is C10H16N4O4S. The van der Waals surface area contributed by atoms with Gasteiger partial charge in [0.2, 0.25) is 10.0 Å². The highest BCUT2D eigenvalue weighted by molar-refractivity contribution is 7.89. The van der Waals surface area contributed by atoms with Crippen molar-refractivity contribution in [3.8, 4) is 0 Å². The highest BCUT2D eigenvalue weighted by Crippen LogP contribution is 2.23. The van der Waals surface area contributed by atoms with Gasteiger partial charge in [-0.2, -0.15) is 5.10 Å². The number of carbonyl (C=O) groups excluding carboxylic acids is 1. The Labute approximate surface area is 110 Å². The van der Waals surface area contributed by atoms with Gasteiger partial charge < -0.3 is 10.1 Å². The van der Waals surface area contributed by atoms with Crippen LogP contribution >= 0.6 is 0 Å². The van der Waals surface area contributed by atoms with Gasteiger partial charge in [0, 0.05) is 13.2 Å². The third-order valence-electron chi connectivity index (χ3n) is 3.15. The van der Waals surface area contributed by atoms with Gasteiger partial charge in [0.15, 0.2) is 5.69 Å². The number of nitrogens with zero attached hydrogens (tertiary/aromatic N) is 1. The SMILES string of the molecule is COC1CC(NC(=O)c2n[nH]c(C)c2S(N)(=O)=O)C1. The van der Waals surface area contributed by atoms with E-state index in [1.807, 2.05) is 0 Å². The highest BCUT2D eigenvalue weighted by Gasteiger charge is 2.33. The summed E-state index contributed by atoms with van der Waals surface area (Å²) >= 11 is 0. The molecule has 19 heavy (non-hydrogen) atoms. The number of hydrogen-bond donors (Lipinski definition) is 3. The minimum Gasteiger partial charge on any atom is -0.381 e. The van der Waals surface area contributed by atoms with Crippen molar-refractivity contribution in [3.05, 3.63) is 11.4 Å². The minimum atomic E-state index is -3.99. The summed E-state index contributed by atoms with van der Waals surface area (Å²) in [6.07, 6.45) is 1.55. The zero-order valence-electron chi connectivity index (χ0n) is 10.6. The molecule has 0 aromatic carbocycles. The first-order chi connectivity index (χ1) is 8.82. The predicted molar refractivity (Wildman–Crippen MR) is 66.0 cm³/mol. The molecule has 1 saturated carbocycles. The Kier molecular flexibility index (Phi) is 3.61. The smallest absolute Gasteiger partial charge is 0.273 e. The number of carbonyl (C=O) groups is 1. The number of primary sulfonamides is 1. The number of sulfonamides is 1. The van der Waals surface area contributed by atoms with E-state index < -0.39 is 15.9 Å². The first-order valence-corrected chi connectivity index (χ1v) is 7.29. The van der Waals surface area contributed by atoms with Crippen LogP contribution in [0.15, 0.2) is 4.90 Å². The van der Waals surface area contributed by atoms with E-state index in [2.05, 4.69) is 15.5 Å². The summed E-state index contributed by atoms with van der Waals surface area (Å²) in [5, 5.41) is 13.9. The van der Waals surface area contributed by atoms with Crippen LogP contribution in [0.5, 0.6) is 0 Å². The van der Waals surface area contributed by atoms with Crippen molar-refractivity contribution in [1.29, 1.82) is 0 Å². The fourth-order valence-electron chi connectivity index (χ4n) is 2.05. The molecule has 0 radical (unpaired) electrons. The lowest BCUT2D eigenvalue weighted by Gasteiger charge is -2.34. The third kappa shape index (κ3) is 2.77. The Morgan fingerprint density at radius 1 is 1.53 bits per heavy atom. The van der Waals surface area contributed by atoms with Crippen LogP contribution in [-0.2, 0) is 14.8 Å². The Hall–Kier alpha value is -1.45. The average molecular weight is 288 g/mol. The number of hydrogen-bond acceptors (Lipinski definition) is 5. The molecule has 0 unspecified atom stereocenters. The number of H-pyrrole nitrogens is 1. The number of aromatic amines is 1. The fourth-order valence-corrected chi connectivity index (χ4v) is 2.93. The van der Waals surface area contributed by atoms with Crippen LogP contribution in [0.4, 0.5) is 0 Å². The second kappa shape index (κ2) is 4.91. The summed E-state index contributed by atoms with van der Waals surface area (Å²) in [7, 11) is -2.38. The van der Waals surface area contributed by atoms with Crippen LogP contribution in [0, 0.1) is 6.92 Å². The van der Waals surface area contributed by atoms with E-state index in [-0.39, 0.29) is 28.4 Å². The zero-order chi connectivity index (χ0) is 14.2. The molecule has 1 amide bonds. The number of amides is 1. The molecule has 9 heteroatoms.